The summed E-state index contributed by atoms with van der Waals surface area (Å²) in [5.41, 5.74) is 10.2. The maximum atomic E-state index is 13.9. The molecule has 0 aromatic heterocycles. The van der Waals surface area contributed by atoms with E-state index in [0.717, 1.165) is 12.8 Å². The molecule has 1 aliphatic carbocycles. The molecule has 1 fully saturated rings. The third kappa shape index (κ3) is 1.70. The van der Waals surface area contributed by atoms with Crippen molar-refractivity contribution in [3.63, 3.8) is 0 Å². The summed E-state index contributed by atoms with van der Waals surface area (Å²) < 4.78 is 13.9. The molecule has 0 atom stereocenters. The molecule has 0 spiro atoms. The number of carbonyl (C=O) groups is 1. The lowest BCUT2D eigenvalue weighted by Gasteiger charge is -2.23. The summed E-state index contributed by atoms with van der Waals surface area (Å²) in [4.78, 5) is 11.0. The number of primary amides is 1. The predicted octanol–water partition coefficient (Wildman–Crippen LogP) is 1.84. The highest BCUT2D eigenvalue weighted by Crippen LogP contribution is 2.43. The Labute approximate surface area is 104 Å². The van der Waals surface area contributed by atoms with Crippen LogP contribution in [0.3, 0.4) is 0 Å². The average molecular weight is 247 g/mol. The van der Waals surface area contributed by atoms with Crippen molar-refractivity contribution >= 4 is 11.6 Å². The van der Waals surface area contributed by atoms with E-state index < -0.39 is 17.1 Å². The zero-order chi connectivity index (χ0) is 13.3. The Kier molecular flexibility index (Phi) is 2.95. The van der Waals surface area contributed by atoms with Gasteiger partial charge in [-0.1, -0.05) is 18.9 Å². The number of nitrogens with two attached hydrogens (primary N) is 2. The lowest BCUT2D eigenvalue weighted by molar-refractivity contribution is 0.0996. The van der Waals surface area contributed by atoms with Crippen molar-refractivity contribution in [2.24, 2.45) is 5.73 Å². The number of nitrogens with zero attached hydrogens (tertiary/aromatic N) is 1. The predicted molar refractivity (Wildman–Crippen MR) is 65.1 cm³/mol. The second kappa shape index (κ2) is 4.30. The Morgan fingerprint density at radius 3 is 2.50 bits per heavy atom. The number of halogens is 1. The molecule has 4 N–H and O–H groups in total. The number of hydrogen-bond acceptors (Lipinski definition) is 3. The number of nitrogen functional groups attached to an aromatic ring is 1. The van der Waals surface area contributed by atoms with Gasteiger partial charge in [-0.2, -0.15) is 5.26 Å². The first kappa shape index (κ1) is 12.4. The molecule has 5 heteroatoms. The summed E-state index contributed by atoms with van der Waals surface area (Å²) in [5.74, 6) is -1.68. The average Bonchev–Trinajstić information content (AvgIpc) is 2.82. The van der Waals surface area contributed by atoms with Crippen molar-refractivity contribution in [1.82, 2.24) is 0 Å². The van der Waals surface area contributed by atoms with E-state index in [0.29, 0.717) is 18.4 Å². The SMILES string of the molecule is N#CC1(c2ccc(C(N)=O)c(F)c2N)CCCC1. The molecule has 0 saturated heterocycles. The van der Waals surface area contributed by atoms with Gasteiger partial charge in [-0.3, -0.25) is 4.79 Å². The zero-order valence-corrected chi connectivity index (χ0v) is 9.87. The number of amides is 1. The fourth-order valence-electron chi connectivity index (χ4n) is 2.62. The Morgan fingerprint density at radius 2 is 2.00 bits per heavy atom. The molecule has 1 aromatic rings. The third-order valence-corrected chi connectivity index (χ3v) is 3.63. The standard InChI is InChI=1S/C13H14FN3O/c14-10-8(12(17)18)3-4-9(11(10)16)13(7-15)5-1-2-6-13/h3-4H,1-2,5-6,16H2,(H2,17,18). The molecule has 4 nitrogen and oxygen atoms in total. The van der Waals surface area contributed by atoms with Gasteiger partial charge in [-0.25, -0.2) is 4.39 Å². The quantitative estimate of drug-likeness (QED) is 0.781. The van der Waals surface area contributed by atoms with Crippen molar-refractivity contribution in [1.29, 1.82) is 5.26 Å². The van der Waals surface area contributed by atoms with Crippen LogP contribution in [0.2, 0.25) is 0 Å². The molecule has 1 aliphatic rings. The molecule has 1 saturated carbocycles. The minimum atomic E-state index is -0.858. The van der Waals surface area contributed by atoms with Crippen LogP contribution in [0.4, 0.5) is 10.1 Å². The van der Waals surface area contributed by atoms with Crippen LogP contribution < -0.4 is 11.5 Å². The molecule has 1 aromatic carbocycles. The highest BCUT2D eigenvalue weighted by atomic mass is 19.1. The van der Waals surface area contributed by atoms with Crippen LogP contribution in [0.25, 0.3) is 0 Å². The van der Waals surface area contributed by atoms with E-state index in [1.807, 2.05) is 0 Å². The molecular weight excluding hydrogens is 233 g/mol. The lowest BCUT2D eigenvalue weighted by atomic mass is 9.79. The van der Waals surface area contributed by atoms with Crippen molar-refractivity contribution in [2.45, 2.75) is 31.1 Å². The van der Waals surface area contributed by atoms with Gasteiger partial charge in [-0.15, -0.1) is 0 Å². The second-order valence-corrected chi connectivity index (χ2v) is 4.65. The van der Waals surface area contributed by atoms with Crippen LogP contribution in [0.5, 0.6) is 0 Å². The van der Waals surface area contributed by atoms with Crippen LogP contribution in [-0.2, 0) is 5.41 Å². The number of benzene rings is 1. The van der Waals surface area contributed by atoms with Gasteiger partial charge in [-0.05, 0) is 24.5 Å². The maximum absolute atomic E-state index is 13.9. The monoisotopic (exact) mass is 247 g/mol. The van der Waals surface area contributed by atoms with E-state index in [9.17, 15) is 14.4 Å². The second-order valence-electron chi connectivity index (χ2n) is 4.65. The Bertz CT molecular complexity index is 542. The third-order valence-electron chi connectivity index (χ3n) is 3.63. The summed E-state index contributed by atoms with van der Waals surface area (Å²) >= 11 is 0. The van der Waals surface area contributed by atoms with Gasteiger partial charge < -0.3 is 11.5 Å². The summed E-state index contributed by atoms with van der Waals surface area (Å²) in [7, 11) is 0. The fraction of sp³-hybridized carbons (Fsp3) is 0.385. The highest BCUT2D eigenvalue weighted by Gasteiger charge is 2.38. The highest BCUT2D eigenvalue weighted by molar-refractivity contribution is 5.94. The first-order valence-electron chi connectivity index (χ1n) is 5.81. The summed E-state index contributed by atoms with van der Waals surface area (Å²) in [6, 6.07) is 5.10. The van der Waals surface area contributed by atoms with Gasteiger partial charge >= 0.3 is 0 Å². The van der Waals surface area contributed by atoms with Crippen molar-refractivity contribution in [3.05, 3.63) is 29.1 Å². The van der Waals surface area contributed by atoms with E-state index in [1.165, 1.54) is 6.07 Å². The molecular formula is C13H14FN3O. The zero-order valence-electron chi connectivity index (χ0n) is 9.87. The number of nitriles is 1. The normalized spacial score (nSPS) is 17.3. The molecule has 1 amide bonds. The topological polar surface area (TPSA) is 92.9 Å². The molecule has 18 heavy (non-hydrogen) atoms. The molecule has 0 heterocycles. The fourth-order valence-corrected chi connectivity index (χ4v) is 2.62. The summed E-state index contributed by atoms with van der Waals surface area (Å²) in [6.45, 7) is 0. The van der Waals surface area contributed by atoms with Gasteiger partial charge in [0.25, 0.3) is 5.91 Å². The van der Waals surface area contributed by atoms with Gasteiger partial charge in [0.1, 0.15) is 0 Å². The first-order valence-corrected chi connectivity index (χ1v) is 5.81. The number of hydrogen-bond donors (Lipinski definition) is 2. The van der Waals surface area contributed by atoms with Gasteiger partial charge in [0.15, 0.2) is 5.82 Å². The van der Waals surface area contributed by atoms with Crippen molar-refractivity contribution in [2.75, 3.05) is 5.73 Å². The molecule has 94 valence electrons. The van der Waals surface area contributed by atoms with Crippen LogP contribution in [0, 0.1) is 17.1 Å². The van der Waals surface area contributed by atoms with Crippen molar-refractivity contribution in [3.8, 4) is 6.07 Å². The molecule has 0 aliphatic heterocycles. The minimum absolute atomic E-state index is 0.130. The van der Waals surface area contributed by atoms with Crippen LogP contribution in [-0.4, -0.2) is 5.91 Å². The van der Waals surface area contributed by atoms with Gasteiger partial charge in [0.05, 0.1) is 22.7 Å². The molecule has 0 unspecified atom stereocenters. The molecule has 2 rings (SSSR count). The Morgan fingerprint density at radius 1 is 1.39 bits per heavy atom. The smallest absolute Gasteiger partial charge is 0.251 e. The Balaban J connectivity index is 2.57. The van der Waals surface area contributed by atoms with Gasteiger partial charge in [0.2, 0.25) is 0 Å². The minimum Gasteiger partial charge on any atom is -0.396 e. The summed E-state index contributed by atoms with van der Waals surface area (Å²) in [6.07, 6.45) is 3.19. The van der Waals surface area contributed by atoms with Crippen LogP contribution in [0.1, 0.15) is 41.6 Å². The number of carbonyl (C=O) groups excluding carboxylic acids is 1. The van der Waals surface area contributed by atoms with Crippen molar-refractivity contribution < 1.29 is 9.18 Å². The van der Waals surface area contributed by atoms with Gasteiger partial charge in [0, 0.05) is 0 Å². The van der Waals surface area contributed by atoms with E-state index in [1.54, 1.807) is 6.07 Å². The maximum Gasteiger partial charge on any atom is 0.251 e. The van der Waals surface area contributed by atoms with E-state index in [4.69, 9.17) is 11.5 Å². The van der Waals surface area contributed by atoms with E-state index in [2.05, 4.69) is 6.07 Å². The van der Waals surface area contributed by atoms with Crippen LogP contribution >= 0.6 is 0 Å². The van der Waals surface area contributed by atoms with E-state index in [-0.39, 0.29) is 11.3 Å². The largest absolute Gasteiger partial charge is 0.396 e. The number of rotatable bonds is 2. The molecule has 0 radical (unpaired) electrons. The molecule has 0 bridgehead atoms. The van der Waals surface area contributed by atoms with Crippen LogP contribution in [0.15, 0.2) is 12.1 Å². The first-order chi connectivity index (χ1) is 8.52. The summed E-state index contributed by atoms with van der Waals surface area (Å²) in [5, 5.41) is 9.34. The number of anilines is 1. The Hall–Kier alpha value is -2.09. The lowest BCUT2D eigenvalue weighted by Crippen LogP contribution is -2.23. The van der Waals surface area contributed by atoms with E-state index >= 15 is 0 Å².